The Bertz CT molecular complexity index is 161. The molecule has 10 heavy (non-hydrogen) atoms. The first-order valence-corrected chi connectivity index (χ1v) is 2.53. The first-order valence-electron chi connectivity index (χ1n) is 2.53. The van der Waals surface area contributed by atoms with Gasteiger partial charge in [-0.1, -0.05) is 12.2 Å². The molecule has 0 fully saturated rings. The third-order valence-electron chi connectivity index (χ3n) is 0.901. The minimum atomic E-state index is 0. The van der Waals surface area contributed by atoms with Gasteiger partial charge < -0.3 is 5.73 Å². The predicted octanol–water partition coefficient (Wildman–Crippen LogP) is 1.97. The van der Waals surface area contributed by atoms with Gasteiger partial charge in [0.05, 0.1) is 0 Å². The molecule has 0 saturated heterocycles. The minimum absolute atomic E-state index is 0. The highest BCUT2D eigenvalue weighted by Crippen LogP contribution is 1.90. The second-order valence-corrected chi connectivity index (χ2v) is 1.59. The van der Waals surface area contributed by atoms with E-state index in [4.69, 9.17) is 5.73 Å². The van der Waals surface area contributed by atoms with Crippen LogP contribution in [0.1, 0.15) is 6.42 Å². The Morgan fingerprint density at radius 3 is 2.70 bits per heavy atom. The van der Waals surface area contributed by atoms with E-state index in [0.29, 0.717) is 5.84 Å². The molecule has 0 saturated carbocycles. The molecule has 0 bridgehead atoms. The Morgan fingerprint density at radius 2 is 2.00 bits per heavy atom. The number of rotatable bonds is 0. The number of hydrogen-bond donors (Lipinski definition) is 1. The fraction of sp³-hybridized carbons (Fsp3) is 0.167. The van der Waals surface area contributed by atoms with Crippen molar-refractivity contribution in [2.75, 3.05) is 0 Å². The number of amidine groups is 1. The van der Waals surface area contributed by atoms with E-state index in [1.807, 2.05) is 18.2 Å². The van der Waals surface area contributed by atoms with Crippen LogP contribution in [0.4, 0.5) is 0 Å². The van der Waals surface area contributed by atoms with Gasteiger partial charge >= 0.3 is 0 Å². The number of allylic oxidation sites excluding steroid dienone is 2. The normalized spacial score (nSPS) is 14.2. The molecule has 0 radical (unpaired) electrons. The van der Waals surface area contributed by atoms with Crippen molar-refractivity contribution in [3.05, 3.63) is 24.4 Å². The maximum absolute atomic E-state index is 5.38. The lowest BCUT2D eigenvalue weighted by Gasteiger charge is -1.86. The molecule has 1 aliphatic rings. The van der Waals surface area contributed by atoms with Gasteiger partial charge in [-0.3, -0.25) is 0 Å². The van der Waals surface area contributed by atoms with Crippen molar-refractivity contribution in [3.63, 3.8) is 0 Å². The Hall–Kier alpha value is -0.0900. The summed E-state index contributed by atoms with van der Waals surface area (Å²) < 4.78 is 0. The molecule has 2 N–H and O–H groups in total. The van der Waals surface area contributed by atoms with Crippen molar-refractivity contribution in [1.29, 1.82) is 0 Å². The topological polar surface area (TPSA) is 38.4 Å². The van der Waals surface area contributed by atoms with E-state index >= 15 is 0 Å². The number of hydrogen-bond acceptors (Lipinski definition) is 2. The maximum atomic E-state index is 5.38. The molecule has 1 heterocycles. The molecule has 0 aromatic heterocycles. The van der Waals surface area contributed by atoms with Crippen LogP contribution in [0, 0.1) is 0 Å². The maximum Gasteiger partial charge on any atom is 0.103 e. The molecule has 0 atom stereocenters. The molecule has 1 aliphatic heterocycles. The smallest absolute Gasteiger partial charge is 0.103 e. The van der Waals surface area contributed by atoms with Crippen molar-refractivity contribution >= 4 is 39.8 Å². The molecule has 0 aromatic carbocycles. The average molecular weight is 270 g/mol. The van der Waals surface area contributed by atoms with E-state index in [9.17, 15) is 0 Å². The van der Waals surface area contributed by atoms with Crippen LogP contribution in [0.2, 0.25) is 0 Å². The zero-order chi connectivity index (χ0) is 5.82. The summed E-state index contributed by atoms with van der Waals surface area (Å²) in [5, 5.41) is 0. The van der Waals surface area contributed by atoms with Crippen LogP contribution in [0.25, 0.3) is 0 Å². The number of halogens is 2. The van der Waals surface area contributed by atoms with Gasteiger partial charge in [-0.25, -0.2) is 4.99 Å². The second kappa shape index (κ2) is 7.02. The SMILES string of the molecule is Br.Br.NC1=NC=CC=CC1. The van der Waals surface area contributed by atoms with Crippen LogP contribution in [-0.2, 0) is 0 Å². The zero-order valence-electron chi connectivity index (χ0n) is 5.36. The highest BCUT2D eigenvalue weighted by molar-refractivity contribution is 8.93. The molecule has 1 rings (SSSR count). The van der Waals surface area contributed by atoms with Gasteiger partial charge in [0.15, 0.2) is 0 Å². The molecule has 4 heteroatoms. The van der Waals surface area contributed by atoms with Gasteiger partial charge in [0.25, 0.3) is 0 Å². The second-order valence-electron chi connectivity index (χ2n) is 1.59. The van der Waals surface area contributed by atoms with E-state index in [-0.39, 0.29) is 34.0 Å². The monoisotopic (exact) mass is 268 g/mol. The molecule has 0 aromatic rings. The first kappa shape index (κ1) is 12.6. The zero-order valence-corrected chi connectivity index (χ0v) is 8.78. The lowest BCUT2D eigenvalue weighted by molar-refractivity contribution is 1.37. The molecule has 0 unspecified atom stereocenters. The lowest BCUT2D eigenvalue weighted by atomic mass is 10.4. The Morgan fingerprint density at radius 1 is 1.30 bits per heavy atom. The van der Waals surface area contributed by atoms with Gasteiger partial charge in [0.1, 0.15) is 5.84 Å². The van der Waals surface area contributed by atoms with E-state index in [1.165, 1.54) is 0 Å². The Balaban J connectivity index is 0. The molecule has 0 amide bonds. The van der Waals surface area contributed by atoms with Crippen LogP contribution in [0.5, 0.6) is 0 Å². The quantitative estimate of drug-likeness (QED) is 0.718. The van der Waals surface area contributed by atoms with Gasteiger partial charge in [-0.15, -0.1) is 34.0 Å². The van der Waals surface area contributed by atoms with Gasteiger partial charge in [0, 0.05) is 12.6 Å². The number of nitrogens with zero attached hydrogens (tertiary/aromatic N) is 1. The van der Waals surface area contributed by atoms with Gasteiger partial charge in [0.2, 0.25) is 0 Å². The van der Waals surface area contributed by atoms with Gasteiger partial charge in [-0.2, -0.15) is 0 Å². The van der Waals surface area contributed by atoms with E-state index in [0.717, 1.165) is 6.42 Å². The van der Waals surface area contributed by atoms with E-state index in [2.05, 4.69) is 4.99 Å². The summed E-state index contributed by atoms with van der Waals surface area (Å²) in [4.78, 5) is 3.88. The van der Waals surface area contributed by atoms with Crippen LogP contribution in [0.15, 0.2) is 29.4 Å². The summed E-state index contributed by atoms with van der Waals surface area (Å²) in [5.41, 5.74) is 5.38. The van der Waals surface area contributed by atoms with Crippen molar-refractivity contribution in [3.8, 4) is 0 Å². The van der Waals surface area contributed by atoms with E-state index in [1.54, 1.807) is 6.20 Å². The van der Waals surface area contributed by atoms with Gasteiger partial charge in [-0.05, 0) is 6.08 Å². The lowest BCUT2D eigenvalue weighted by Crippen LogP contribution is -2.08. The van der Waals surface area contributed by atoms with Crippen LogP contribution < -0.4 is 5.73 Å². The standard InChI is InChI=1S/C6H8N2.2BrH/c7-6-4-2-1-3-5-8-6;;/h1-3,5H,4H2,(H2,7,8);2*1H. The Labute approximate surface area is 81.4 Å². The summed E-state index contributed by atoms with van der Waals surface area (Å²) >= 11 is 0. The van der Waals surface area contributed by atoms with E-state index < -0.39 is 0 Å². The number of aliphatic imine (C=N–C) groups is 1. The first-order chi connectivity index (χ1) is 3.89. The minimum Gasteiger partial charge on any atom is -0.387 e. The summed E-state index contributed by atoms with van der Waals surface area (Å²) in [5.74, 6) is 0.676. The average Bonchev–Trinajstić information content (AvgIpc) is 1.94. The molecule has 58 valence electrons. The molecular weight excluding hydrogens is 260 g/mol. The molecule has 2 nitrogen and oxygen atoms in total. The fourth-order valence-electron chi connectivity index (χ4n) is 0.509. The highest BCUT2D eigenvalue weighted by atomic mass is 79.9. The van der Waals surface area contributed by atoms with Crippen molar-refractivity contribution in [2.45, 2.75) is 6.42 Å². The third kappa shape index (κ3) is 4.76. The summed E-state index contributed by atoms with van der Waals surface area (Å²) in [7, 11) is 0. The Kier molecular flexibility index (Phi) is 8.83. The summed E-state index contributed by atoms with van der Waals surface area (Å²) in [6.45, 7) is 0. The van der Waals surface area contributed by atoms with Crippen molar-refractivity contribution in [1.82, 2.24) is 0 Å². The van der Waals surface area contributed by atoms with Crippen LogP contribution in [0.3, 0.4) is 0 Å². The third-order valence-corrected chi connectivity index (χ3v) is 0.901. The largest absolute Gasteiger partial charge is 0.387 e. The summed E-state index contributed by atoms with van der Waals surface area (Å²) in [6.07, 6.45) is 8.23. The molecule has 0 spiro atoms. The molecule has 0 aliphatic carbocycles. The molecular formula is C6H10Br2N2. The summed E-state index contributed by atoms with van der Waals surface area (Å²) in [6, 6.07) is 0. The fourth-order valence-corrected chi connectivity index (χ4v) is 0.509. The number of nitrogens with two attached hydrogens (primary N) is 1. The highest BCUT2D eigenvalue weighted by Gasteiger charge is 1.85. The van der Waals surface area contributed by atoms with Crippen LogP contribution in [-0.4, -0.2) is 5.84 Å². The van der Waals surface area contributed by atoms with Crippen LogP contribution >= 0.6 is 34.0 Å². The van der Waals surface area contributed by atoms with Crippen molar-refractivity contribution in [2.24, 2.45) is 10.7 Å². The predicted molar refractivity (Wildman–Crippen MR) is 55.2 cm³/mol. The van der Waals surface area contributed by atoms with Crippen molar-refractivity contribution < 1.29 is 0 Å².